The molecule has 8 heteroatoms. The maximum Gasteiger partial charge on any atom is 0.347 e. The van der Waals surface area contributed by atoms with Gasteiger partial charge in [-0.25, -0.2) is 14.2 Å². The van der Waals surface area contributed by atoms with Crippen molar-refractivity contribution in [2.24, 2.45) is 5.92 Å². The van der Waals surface area contributed by atoms with Crippen molar-refractivity contribution in [3.63, 3.8) is 0 Å². The number of halogens is 1. The molecule has 2 aliphatic rings. The lowest BCUT2D eigenvalue weighted by Crippen LogP contribution is -2.49. The number of carbonyl (C=O) groups is 1. The summed E-state index contributed by atoms with van der Waals surface area (Å²) in [5, 5.41) is 0. The van der Waals surface area contributed by atoms with Crippen LogP contribution < -0.4 is 16.5 Å². The standard InChI is InChI=1S/C20H24FN5O2/c21-16-6-4-14(5-7-16)17-11-23-24-19(17)15-3-1-9-25(12-15)18(27)13-26-10-2-8-22-20(26)28/h2,4-8,10,15,17,19,23-24H,1,3,9,11-13H2. The summed E-state index contributed by atoms with van der Waals surface area (Å²) < 4.78 is 14.6. The minimum absolute atomic E-state index is 0.0110. The number of hydrogen-bond acceptors (Lipinski definition) is 5. The van der Waals surface area contributed by atoms with Crippen molar-refractivity contribution >= 4 is 5.91 Å². The molecule has 28 heavy (non-hydrogen) atoms. The highest BCUT2D eigenvalue weighted by atomic mass is 19.1. The molecule has 2 N–H and O–H groups in total. The summed E-state index contributed by atoms with van der Waals surface area (Å²) >= 11 is 0. The Morgan fingerprint density at radius 2 is 2.11 bits per heavy atom. The molecule has 3 unspecified atom stereocenters. The summed E-state index contributed by atoms with van der Waals surface area (Å²) in [7, 11) is 0. The second-order valence-electron chi connectivity index (χ2n) is 7.48. The Kier molecular flexibility index (Phi) is 5.50. The zero-order valence-corrected chi connectivity index (χ0v) is 15.6. The van der Waals surface area contributed by atoms with Crippen LogP contribution in [0.1, 0.15) is 24.3 Å². The molecule has 0 spiro atoms. The number of aromatic nitrogens is 2. The Labute approximate surface area is 162 Å². The predicted octanol–water partition coefficient (Wildman–Crippen LogP) is 0.881. The first-order valence-corrected chi connectivity index (χ1v) is 9.65. The Morgan fingerprint density at radius 1 is 1.29 bits per heavy atom. The molecule has 1 aromatic heterocycles. The van der Waals surface area contributed by atoms with Crippen LogP contribution in [-0.2, 0) is 11.3 Å². The number of hydrazine groups is 1. The zero-order chi connectivity index (χ0) is 19.5. The molecule has 0 bridgehead atoms. The molecular weight excluding hydrogens is 361 g/mol. The van der Waals surface area contributed by atoms with E-state index >= 15 is 0 Å². The largest absolute Gasteiger partial charge is 0.347 e. The van der Waals surface area contributed by atoms with Gasteiger partial charge in [0, 0.05) is 44.0 Å². The van der Waals surface area contributed by atoms with Crippen molar-refractivity contribution in [2.45, 2.75) is 31.3 Å². The van der Waals surface area contributed by atoms with Crippen molar-refractivity contribution in [2.75, 3.05) is 19.6 Å². The second-order valence-corrected chi connectivity index (χ2v) is 7.48. The van der Waals surface area contributed by atoms with Gasteiger partial charge in [-0.1, -0.05) is 12.1 Å². The van der Waals surface area contributed by atoms with Crippen LogP contribution in [0.5, 0.6) is 0 Å². The molecular formula is C20H24FN5O2. The summed E-state index contributed by atoms with van der Waals surface area (Å²) in [6.45, 7) is 2.12. The first kappa shape index (κ1) is 18.8. The lowest BCUT2D eigenvalue weighted by Gasteiger charge is -2.37. The molecule has 7 nitrogen and oxygen atoms in total. The van der Waals surface area contributed by atoms with E-state index in [4.69, 9.17) is 0 Å². The van der Waals surface area contributed by atoms with Crippen LogP contribution in [0.2, 0.25) is 0 Å². The number of piperidine rings is 1. The van der Waals surface area contributed by atoms with Crippen LogP contribution in [0.25, 0.3) is 0 Å². The van der Waals surface area contributed by atoms with Crippen LogP contribution in [0.3, 0.4) is 0 Å². The Hall–Kier alpha value is -2.58. The third-order valence-electron chi connectivity index (χ3n) is 5.73. The van der Waals surface area contributed by atoms with E-state index in [0.29, 0.717) is 13.1 Å². The number of amides is 1. The van der Waals surface area contributed by atoms with Gasteiger partial charge in [0.05, 0.1) is 0 Å². The summed E-state index contributed by atoms with van der Waals surface area (Å²) in [6.07, 6.45) is 4.95. The molecule has 3 heterocycles. The average Bonchev–Trinajstić information content (AvgIpc) is 3.20. The van der Waals surface area contributed by atoms with Gasteiger partial charge < -0.3 is 4.90 Å². The second kappa shape index (κ2) is 8.20. The minimum atomic E-state index is -0.414. The van der Waals surface area contributed by atoms with Gasteiger partial charge >= 0.3 is 5.69 Å². The van der Waals surface area contributed by atoms with Crippen molar-refractivity contribution in [1.29, 1.82) is 0 Å². The first-order valence-electron chi connectivity index (χ1n) is 9.65. The van der Waals surface area contributed by atoms with E-state index in [1.54, 1.807) is 12.3 Å². The van der Waals surface area contributed by atoms with Gasteiger partial charge in [0.25, 0.3) is 0 Å². The average molecular weight is 385 g/mol. The molecule has 2 saturated heterocycles. The number of benzene rings is 1. The van der Waals surface area contributed by atoms with E-state index in [1.165, 1.54) is 22.9 Å². The van der Waals surface area contributed by atoms with Crippen molar-refractivity contribution in [3.8, 4) is 0 Å². The fourth-order valence-corrected chi connectivity index (χ4v) is 4.28. The highest BCUT2D eigenvalue weighted by Gasteiger charge is 2.37. The summed E-state index contributed by atoms with van der Waals surface area (Å²) in [6, 6.07) is 8.47. The summed E-state index contributed by atoms with van der Waals surface area (Å²) in [5.74, 6) is 0.207. The van der Waals surface area contributed by atoms with E-state index in [2.05, 4.69) is 15.8 Å². The molecule has 2 aromatic rings. The summed E-state index contributed by atoms with van der Waals surface area (Å²) in [5.41, 5.74) is 7.26. The molecule has 0 aliphatic carbocycles. The van der Waals surface area contributed by atoms with Crippen molar-refractivity contribution in [3.05, 3.63) is 64.6 Å². The molecule has 3 atom stereocenters. The van der Waals surface area contributed by atoms with Crippen molar-refractivity contribution < 1.29 is 9.18 Å². The third-order valence-corrected chi connectivity index (χ3v) is 5.73. The molecule has 1 aromatic carbocycles. The highest BCUT2D eigenvalue weighted by Crippen LogP contribution is 2.31. The molecule has 2 fully saturated rings. The monoisotopic (exact) mass is 385 g/mol. The third kappa shape index (κ3) is 3.98. The Morgan fingerprint density at radius 3 is 2.89 bits per heavy atom. The lowest BCUT2D eigenvalue weighted by atomic mass is 9.81. The molecule has 4 rings (SSSR count). The zero-order valence-electron chi connectivity index (χ0n) is 15.6. The van der Waals surface area contributed by atoms with Crippen LogP contribution in [0.4, 0.5) is 4.39 Å². The van der Waals surface area contributed by atoms with E-state index in [-0.39, 0.29) is 36.1 Å². The van der Waals surface area contributed by atoms with Gasteiger partial charge in [-0.3, -0.25) is 20.2 Å². The number of likely N-dealkylation sites (tertiary alicyclic amines) is 1. The van der Waals surface area contributed by atoms with E-state index in [1.807, 2.05) is 17.0 Å². The number of nitrogens with one attached hydrogen (secondary N) is 2. The predicted molar refractivity (Wildman–Crippen MR) is 102 cm³/mol. The van der Waals surface area contributed by atoms with E-state index in [0.717, 1.165) is 24.9 Å². The number of nitrogens with zero attached hydrogens (tertiary/aromatic N) is 3. The fraction of sp³-hybridized carbons (Fsp3) is 0.450. The number of carbonyl (C=O) groups excluding carboxylic acids is 1. The van der Waals surface area contributed by atoms with Crippen molar-refractivity contribution in [1.82, 2.24) is 25.3 Å². The Bertz CT molecular complexity index is 885. The van der Waals surface area contributed by atoms with Crippen LogP contribution in [-0.4, -0.2) is 46.0 Å². The topological polar surface area (TPSA) is 79.3 Å². The number of rotatable bonds is 4. The molecule has 0 radical (unpaired) electrons. The maximum atomic E-state index is 13.3. The fourth-order valence-electron chi connectivity index (χ4n) is 4.28. The normalized spacial score (nSPS) is 25.0. The summed E-state index contributed by atoms with van der Waals surface area (Å²) in [4.78, 5) is 30.0. The van der Waals surface area contributed by atoms with E-state index < -0.39 is 5.69 Å². The molecule has 1 amide bonds. The van der Waals surface area contributed by atoms with Gasteiger partial charge in [-0.05, 0) is 42.5 Å². The minimum Gasteiger partial charge on any atom is -0.341 e. The molecule has 148 valence electrons. The van der Waals surface area contributed by atoms with Crippen LogP contribution in [0.15, 0.2) is 47.5 Å². The van der Waals surface area contributed by atoms with Gasteiger partial charge in [0.2, 0.25) is 5.91 Å². The van der Waals surface area contributed by atoms with Gasteiger partial charge in [0.1, 0.15) is 12.4 Å². The molecule has 2 aliphatic heterocycles. The van der Waals surface area contributed by atoms with Crippen LogP contribution >= 0.6 is 0 Å². The SMILES string of the molecule is O=C(Cn1cccnc1=O)N1CCCC(C2NNCC2c2ccc(F)cc2)C1. The Balaban J connectivity index is 1.44. The van der Waals surface area contributed by atoms with Crippen LogP contribution in [0, 0.1) is 11.7 Å². The van der Waals surface area contributed by atoms with Gasteiger partial charge in [-0.15, -0.1) is 0 Å². The van der Waals surface area contributed by atoms with E-state index in [9.17, 15) is 14.0 Å². The quantitative estimate of drug-likeness (QED) is 0.817. The van der Waals surface area contributed by atoms with Gasteiger partial charge in [-0.2, -0.15) is 0 Å². The maximum absolute atomic E-state index is 13.3. The highest BCUT2D eigenvalue weighted by molar-refractivity contribution is 5.76. The number of hydrogen-bond donors (Lipinski definition) is 2. The first-order chi connectivity index (χ1) is 13.6. The smallest absolute Gasteiger partial charge is 0.341 e. The molecule has 0 saturated carbocycles. The van der Waals surface area contributed by atoms with Gasteiger partial charge in [0.15, 0.2) is 0 Å². The lowest BCUT2D eigenvalue weighted by molar-refractivity contribution is -0.134.